The molecule has 2 rings (SSSR count). The number of aromatic nitrogens is 3. The predicted octanol–water partition coefficient (Wildman–Crippen LogP) is 1.13. The van der Waals surface area contributed by atoms with Crippen LogP contribution in [0.4, 0.5) is 0 Å². The fourth-order valence-electron chi connectivity index (χ4n) is 1.86. The molecule has 0 aliphatic heterocycles. The largest absolute Gasteiger partial charge is 0.479 e. The SMILES string of the molecule is COCC(C)(NC(=O)c1sc(-c2ncccn2)nc1C)C(=O)O. The standard InChI is InChI=1S/C14H16N4O4S/c1-8-9(11(19)18-14(2,7-22-3)13(20)21)23-12(17-8)10-15-5-4-6-16-10/h4-6H,7H2,1-3H3,(H,18,19)(H,20,21). The molecule has 0 radical (unpaired) electrons. The molecular formula is C14H16N4O4S. The Hall–Kier alpha value is -2.39. The number of thiazole rings is 1. The van der Waals surface area contributed by atoms with E-state index in [4.69, 9.17) is 4.74 Å². The first-order valence-corrected chi connectivity index (χ1v) is 7.48. The number of hydrogen-bond donors (Lipinski definition) is 2. The van der Waals surface area contributed by atoms with E-state index in [9.17, 15) is 14.7 Å². The van der Waals surface area contributed by atoms with Crippen molar-refractivity contribution in [3.63, 3.8) is 0 Å². The fourth-order valence-corrected chi connectivity index (χ4v) is 2.77. The number of carboxylic acids is 1. The molecule has 122 valence electrons. The summed E-state index contributed by atoms with van der Waals surface area (Å²) >= 11 is 1.11. The molecule has 8 nitrogen and oxygen atoms in total. The van der Waals surface area contributed by atoms with Crippen molar-refractivity contribution in [3.05, 3.63) is 29.0 Å². The molecule has 2 aromatic heterocycles. The molecule has 0 fully saturated rings. The number of amides is 1. The highest BCUT2D eigenvalue weighted by Crippen LogP contribution is 2.25. The van der Waals surface area contributed by atoms with Crippen LogP contribution in [0.3, 0.4) is 0 Å². The van der Waals surface area contributed by atoms with Crippen molar-refractivity contribution in [2.75, 3.05) is 13.7 Å². The summed E-state index contributed by atoms with van der Waals surface area (Å²) in [7, 11) is 1.37. The maximum absolute atomic E-state index is 12.4. The molecule has 0 aliphatic carbocycles. The quantitative estimate of drug-likeness (QED) is 0.812. The van der Waals surface area contributed by atoms with Gasteiger partial charge in [-0.25, -0.2) is 19.7 Å². The van der Waals surface area contributed by atoms with E-state index >= 15 is 0 Å². The van der Waals surface area contributed by atoms with Crippen LogP contribution in [0.1, 0.15) is 22.3 Å². The Morgan fingerprint density at radius 3 is 2.61 bits per heavy atom. The normalized spacial score (nSPS) is 13.3. The van der Waals surface area contributed by atoms with Gasteiger partial charge in [-0.3, -0.25) is 4.79 Å². The van der Waals surface area contributed by atoms with E-state index in [1.807, 2.05) is 0 Å². The second kappa shape index (κ2) is 6.80. The van der Waals surface area contributed by atoms with Gasteiger partial charge in [0.25, 0.3) is 5.91 Å². The lowest BCUT2D eigenvalue weighted by molar-refractivity contribution is -0.145. The molecule has 2 heterocycles. The first-order valence-electron chi connectivity index (χ1n) is 6.67. The van der Waals surface area contributed by atoms with Gasteiger partial charge < -0.3 is 15.2 Å². The first-order chi connectivity index (χ1) is 10.9. The van der Waals surface area contributed by atoms with Crippen LogP contribution in [0.2, 0.25) is 0 Å². The summed E-state index contributed by atoms with van der Waals surface area (Å²) in [6, 6.07) is 1.68. The van der Waals surface area contributed by atoms with Gasteiger partial charge in [0.1, 0.15) is 4.88 Å². The third-order valence-electron chi connectivity index (χ3n) is 3.05. The van der Waals surface area contributed by atoms with Crippen LogP contribution < -0.4 is 5.32 Å². The van der Waals surface area contributed by atoms with Gasteiger partial charge in [-0.15, -0.1) is 11.3 Å². The maximum atomic E-state index is 12.4. The smallest absolute Gasteiger partial charge is 0.331 e. The molecule has 9 heteroatoms. The number of nitrogens with zero attached hydrogens (tertiary/aromatic N) is 3. The molecule has 2 N–H and O–H groups in total. The zero-order valence-electron chi connectivity index (χ0n) is 12.9. The zero-order valence-corrected chi connectivity index (χ0v) is 13.7. The van der Waals surface area contributed by atoms with Crippen LogP contribution in [0.5, 0.6) is 0 Å². The van der Waals surface area contributed by atoms with Gasteiger partial charge in [0, 0.05) is 19.5 Å². The lowest BCUT2D eigenvalue weighted by Gasteiger charge is -2.24. The minimum Gasteiger partial charge on any atom is -0.479 e. The van der Waals surface area contributed by atoms with Gasteiger partial charge in [-0.2, -0.15) is 0 Å². The second-order valence-electron chi connectivity index (χ2n) is 5.03. The Morgan fingerprint density at radius 1 is 1.39 bits per heavy atom. The van der Waals surface area contributed by atoms with Gasteiger partial charge in [0.2, 0.25) is 0 Å². The molecule has 23 heavy (non-hydrogen) atoms. The molecule has 0 bridgehead atoms. The third kappa shape index (κ3) is 3.69. The molecule has 1 atom stereocenters. The maximum Gasteiger partial charge on any atom is 0.331 e. The summed E-state index contributed by atoms with van der Waals surface area (Å²) in [5, 5.41) is 12.3. The van der Waals surface area contributed by atoms with Crippen molar-refractivity contribution in [2.45, 2.75) is 19.4 Å². The van der Waals surface area contributed by atoms with Crippen molar-refractivity contribution in [1.82, 2.24) is 20.3 Å². The Bertz CT molecular complexity index is 719. The predicted molar refractivity (Wildman–Crippen MR) is 83.3 cm³/mol. The molecule has 0 aliphatic rings. The third-order valence-corrected chi connectivity index (χ3v) is 4.21. The minimum atomic E-state index is -1.52. The second-order valence-corrected chi connectivity index (χ2v) is 6.03. The average molecular weight is 336 g/mol. The first kappa shape index (κ1) is 17.0. The molecule has 1 unspecified atom stereocenters. The van der Waals surface area contributed by atoms with E-state index in [2.05, 4.69) is 20.3 Å². The van der Waals surface area contributed by atoms with Crippen LogP contribution >= 0.6 is 11.3 Å². The number of nitrogens with one attached hydrogen (secondary N) is 1. The lowest BCUT2D eigenvalue weighted by atomic mass is 10.0. The van der Waals surface area contributed by atoms with Crippen molar-refractivity contribution < 1.29 is 19.4 Å². The van der Waals surface area contributed by atoms with Crippen LogP contribution in [-0.2, 0) is 9.53 Å². The number of carbonyl (C=O) groups excluding carboxylic acids is 1. The Morgan fingerprint density at radius 2 is 2.04 bits per heavy atom. The van der Waals surface area contributed by atoms with Gasteiger partial charge in [0.15, 0.2) is 16.4 Å². The van der Waals surface area contributed by atoms with Crippen molar-refractivity contribution in [3.8, 4) is 10.8 Å². The van der Waals surface area contributed by atoms with Crippen molar-refractivity contribution in [1.29, 1.82) is 0 Å². The molecule has 1 amide bonds. The summed E-state index contributed by atoms with van der Waals surface area (Å²) in [6.45, 7) is 2.90. The number of aryl methyl sites for hydroxylation is 1. The fraction of sp³-hybridized carbons (Fsp3) is 0.357. The average Bonchev–Trinajstić information content (AvgIpc) is 2.90. The highest BCUT2D eigenvalue weighted by Gasteiger charge is 2.36. The summed E-state index contributed by atoms with van der Waals surface area (Å²) in [4.78, 5) is 36.5. The summed E-state index contributed by atoms with van der Waals surface area (Å²) in [5.41, 5.74) is -1.04. The van der Waals surface area contributed by atoms with Crippen LogP contribution in [0.25, 0.3) is 10.8 Å². The number of ether oxygens (including phenoxy) is 1. The number of carboxylic acid groups (broad SMARTS) is 1. The minimum absolute atomic E-state index is 0.152. The number of carbonyl (C=O) groups is 2. The molecule has 0 saturated carbocycles. The van der Waals surface area contributed by atoms with Crippen LogP contribution in [0, 0.1) is 6.92 Å². The van der Waals surface area contributed by atoms with Crippen molar-refractivity contribution >= 4 is 23.2 Å². The topological polar surface area (TPSA) is 114 Å². The number of aliphatic carboxylic acids is 1. The van der Waals surface area contributed by atoms with Gasteiger partial charge in [-0.05, 0) is 19.9 Å². The van der Waals surface area contributed by atoms with E-state index in [-0.39, 0.29) is 6.61 Å². The lowest BCUT2D eigenvalue weighted by Crippen LogP contribution is -2.55. The molecule has 0 spiro atoms. The van der Waals surface area contributed by atoms with E-state index in [0.717, 1.165) is 11.3 Å². The van der Waals surface area contributed by atoms with Gasteiger partial charge in [-0.1, -0.05) is 0 Å². The molecular weight excluding hydrogens is 320 g/mol. The monoisotopic (exact) mass is 336 g/mol. The van der Waals surface area contributed by atoms with E-state index in [1.54, 1.807) is 25.4 Å². The Kier molecular flexibility index (Phi) is 5.02. The number of rotatable bonds is 6. The number of methoxy groups -OCH3 is 1. The highest BCUT2D eigenvalue weighted by molar-refractivity contribution is 7.17. The zero-order chi connectivity index (χ0) is 17.0. The highest BCUT2D eigenvalue weighted by atomic mass is 32.1. The van der Waals surface area contributed by atoms with Gasteiger partial charge in [0.05, 0.1) is 12.3 Å². The molecule has 0 aromatic carbocycles. The van der Waals surface area contributed by atoms with E-state index in [1.165, 1.54) is 14.0 Å². The summed E-state index contributed by atoms with van der Waals surface area (Å²) in [6.07, 6.45) is 3.16. The van der Waals surface area contributed by atoms with E-state index in [0.29, 0.717) is 21.4 Å². The van der Waals surface area contributed by atoms with Crippen molar-refractivity contribution in [2.24, 2.45) is 0 Å². The van der Waals surface area contributed by atoms with Crippen LogP contribution in [-0.4, -0.2) is 51.2 Å². The Labute approximate surface area is 136 Å². The molecule has 0 saturated heterocycles. The summed E-state index contributed by atoms with van der Waals surface area (Å²) in [5.74, 6) is -1.29. The molecule has 2 aromatic rings. The summed E-state index contributed by atoms with van der Waals surface area (Å²) < 4.78 is 4.88. The Balaban J connectivity index is 2.27. The van der Waals surface area contributed by atoms with E-state index < -0.39 is 17.4 Å². The van der Waals surface area contributed by atoms with Gasteiger partial charge >= 0.3 is 5.97 Å². The van der Waals surface area contributed by atoms with Crippen LogP contribution in [0.15, 0.2) is 18.5 Å². The number of hydrogen-bond acceptors (Lipinski definition) is 7.